The molecule has 11 heteroatoms. The number of nitrogens with one attached hydrogen (secondary N) is 4. The van der Waals surface area contributed by atoms with E-state index in [0.29, 0.717) is 22.2 Å². The van der Waals surface area contributed by atoms with Gasteiger partial charge in [0.1, 0.15) is 0 Å². The largest absolute Gasteiger partial charge is 0.493 e. The Kier molecular flexibility index (Phi) is 9.71. The summed E-state index contributed by atoms with van der Waals surface area (Å²) in [5.74, 6) is -0.454. The molecule has 0 aromatic heterocycles. The molecule has 0 atom stereocenters. The van der Waals surface area contributed by atoms with Gasteiger partial charge in [-0.2, -0.15) is 0 Å². The summed E-state index contributed by atoms with van der Waals surface area (Å²) >= 11 is 11.0. The van der Waals surface area contributed by atoms with Crippen molar-refractivity contribution in [1.82, 2.24) is 16.2 Å². The standard InChI is InChI=1S/C21H23ClN4O5S/c1-13-14(22)6-5-7-15(13)23-18(27)10-11-19(28)25-26-21(32)24-20(29)12-31-17-9-4-3-8-16(17)30-2/h3-9H,10-12H2,1-2H3,(H,23,27)(H,25,28)(H2,24,26,29,32). The third-order valence-corrected chi connectivity index (χ3v) is 4.73. The number of carbonyl (C=O) groups excluding carboxylic acids is 3. The van der Waals surface area contributed by atoms with Crippen LogP contribution in [0.15, 0.2) is 42.5 Å². The zero-order valence-electron chi connectivity index (χ0n) is 17.5. The van der Waals surface area contributed by atoms with Gasteiger partial charge >= 0.3 is 0 Å². The number of amides is 3. The van der Waals surface area contributed by atoms with E-state index in [1.165, 1.54) is 7.11 Å². The van der Waals surface area contributed by atoms with E-state index in [-0.39, 0.29) is 30.5 Å². The SMILES string of the molecule is COc1ccccc1OCC(=O)NC(=S)NNC(=O)CCC(=O)Nc1cccc(Cl)c1C. The van der Waals surface area contributed by atoms with E-state index >= 15 is 0 Å². The molecular weight excluding hydrogens is 456 g/mol. The van der Waals surface area contributed by atoms with Crippen LogP contribution in [-0.2, 0) is 14.4 Å². The topological polar surface area (TPSA) is 118 Å². The number of hydrogen-bond acceptors (Lipinski definition) is 6. The van der Waals surface area contributed by atoms with Crippen LogP contribution in [0.5, 0.6) is 11.5 Å². The monoisotopic (exact) mass is 478 g/mol. The van der Waals surface area contributed by atoms with Gasteiger partial charge in [0, 0.05) is 23.6 Å². The number of hydrazine groups is 1. The van der Waals surface area contributed by atoms with Crippen molar-refractivity contribution >= 4 is 52.3 Å². The van der Waals surface area contributed by atoms with Crippen molar-refractivity contribution in [2.45, 2.75) is 19.8 Å². The summed E-state index contributed by atoms with van der Waals surface area (Å²) in [5.41, 5.74) is 6.03. The van der Waals surface area contributed by atoms with Gasteiger partial charge in [-0.05, 0) is 49.0 Å². The molecule has 2 aromatic rings. The first-order valence-corrected chi connectivity index (χ1v) is 10.3. The first kappa shape index (κ1) is 24.9. The van der Waals surface area contributed by atoms with Gasteiger partial charge in [0.05, 0.1) is 7.11 Å². The van der Waals surface area contributed by atoms with E-state index in [2.05, 4.69) is 21.5 Å². The van der Waals surface area contributed by atoms with Crippen LogP contribution >= 0.6 is 23.8 Å². The van der Waals surface area contributed by atoms with Crippen LogP contribution in [0.2, 0.25) is 5.02 Å². The van der Waals surface area contributed by atoms with Crippen LogP contribution in [0.4, 0.5) is 5.69 Å². The molecule has 4 N–H and O–H groups in total. The highest BCUT2D eigenvalue weighted by Gasteiger charge is 2.11. The number of halogens is 1. The third-order valence-electron chi connectivity index (χ3n) is 4.12. The Labute approximate surface area is 195 Å². The minimum Gasteiger partial charge on any atom is -0.493 e. The van der Waals surface area contributed by atoms with Gasteiger partial charge in [-0.3, -0.25) is 30.6 Å². The summed E-state index contributed by atoms with van der Waals surface area (Å²) in [6.07, 6.45) is -0.142. The molecule has 0 heterocycles. The molecule has 0 unspecified atom stereocenters. The predicted octanol–water partition coefficient (Wildman–Crippen LogP) is 2.48. The molecule has 0 saturated carbocycles. The van der Waals surface area contributed by atoms with E-state index in [0.717, 1.165) is 5.56 Å². The number of anilines is 1. The normalized spacial score (nSPS) is 9.97. The van der Waals surface area contributed by atoms with Gasteiger partial charge in [-0.1, -0.05) is 29.8 Å². The van der Waals surface area contributed by atoms with E-state index in [9.17, 15) is 14.4 Å². The summed E-state index contributed by atoms with van der Waals surface area (Å²) in [6.45, 7) is 1.48. The lowest BCUT2D eigenvalue weighted by atomic mass is 10.2. The molecule has 2 rings (SSSR count). The predicted molar refractivity (Wildman–Crippen MR) is 125 cm³/mol. The highest BCUT2D eigenvalue weighted by molar-refractivity contribution is 7.80. The van der Waals surface area contributed by atoms with Crippen LogP contribution in [-0.4, -0.2) is 36.6 Å². The van der Waals surface area contributed by atoms with Crippen molar-refractivity contribution in [3.63, 3.8) is 0 Å². The maximum atomic E-state index is 12.0. The number of rotatable bonds is 8. The zero-order valence-corrected chi connectivity index (χ0v) is 19.1. The Balaban J connectivity index is 1.66. The second-order valence-electron chi connectivity index (χ2n) is 6.45. The average Bonchev–Trinajstić information content (AvgIpc) is 2.78. The van der Waals surface area contributed by atoms with Crippen LogP contribution in [0.25, 0.3) is 0 Å². The molecule has 0 aliphatic rings. The lowest BCUT2D eigenvalue weighted by Crippen LogP contribution is -2.49. The molecule has 0 bridgehead atoms. The number of thiocarbonyl (C=S) groups is 1. The average molecular weight is 479 g/mol. The molecule has 0 spiro atoms. The number of benzene rings is 2. The summed E-state index contributed by atoms with van der Waals surface area (Å²) in [4.78, 5) is 35.9. The first-order valence-electron chi connectivity index (χ1n) is 9.49. The molecule has 0 aliphatic carbocycles. The van der Waals surface area contributed by atoms with Crippen molar-refractivity contribution in [2.75, 3.05) is 19.0 Å². The van der Waals surface area contributed by atoms with Gasteiger partial charge < -0.3 is 14.8 Å². The zero-order chi connectivity index (χ0) is 23.5. The quantitative estimate of drug-likeness (QED) is 0.340. The molecule has 0 saturated heterocycles. The fourth-order valence-electron chi connectivity index (χ4n) is 2.45. The smallest absolute Gasteiger partial charge is 0.264 e. The van der Waals surface area contributed by atoms with E-state index in [1.807, 2.05) is 0 Å². The second-order valence-corrected chi connectivity index (χ2v) is 7.27. The molecule has 9 nitrogen and oxygen atoms in total. The van der Waals surface area contributed by atoms with Crippen molar-refractivity contribution in [3.8, 4) is 11.5 Å². The highest BCUT2D eigenvalue weighted by Crippen LogP contribution is 2.25. The Morgan fingerprint density at radius 3 is 2.34 bits per heavy atom. The highest BCUT2D eigenvalue weighted by atomic mass is 35.5. The number of hydrogen-bond donors (Lipinski definition) is 4. The fourth-order valence-corrected chi connectivity index (χ4v) is 2.79. The number of carbonyl (C=O) groups is 3. The van der Waals surface area contributed by atoms with Crippen molar-refractivity contribution in [3.05, 3.63) is 53.1 Å². The molecular formula is C21H23ClN4O5S. The molecule has 32 heavy (non-hydrogen) atoms. The summed E-state index contributed by atoms with van der Waals surface area (Å²) in [6, 6.07) is 12.0. The Morgan fingerprint density at radius 2 is 1.62 bits per heavy atom. The minimum absolute atomic E-state index is 0.0503. The van der Waals surface area contributed by atoms with Gasteiger partial charge in [-0.15, -0.1) is 0 Å². The van der Waals surface area contributed by atoms with Crippen LogP contribution < -0.4 is 31.0 Å². The van der Waals surface area contributed by atoms with Crippen LogP contribution in [0.1, 0.15) is 18.4 Å². The number of para-hydroxylation sites is 2. The molecule has 2 aromatic carbocycles. The Bertz CT molecular complexity index is 1000. The van der Waals surface area contributed by atoms with Crippen LogP contribution in [0, 0.1) is 6.92 Å². The fraction of sp³-hybridized carbons (Fsp3) is 0.238. The van der Waals surface area contributed by atoms with Crippen molar-refractivity contribution < 1.29 is 23.9 Å². The van der Waals surface area contributed by atoms with Crippen molar-refractivity contribution in [2.24, 2.45) is 0 Å². The van der Waals surface area contributed by atoms with Gasteiger partial charge in [0.25, 0.3) is 5.91 Å². The Morgan fingerprint density at radius 1 is 0.938 bits per heavy atom. The minimum atomic E-state index is -0.529. The molecule has 0 aliphatic heterocycles. The lowest BCUT2D eigenvalue weighted by molar-refractivity contribution is -0.125. The third kappa shape index (κ3) is 8.05. The van der Waals surface area contributed by atoms with Gasteiger partial charge in [-0.25, -0.2) is 0 Å². The summed E-state index contributed by atoms with van der Waals surface area (Å²) < 4.78 is 10.5. The van der Waals surface area contributed by atoms with Gasteiger partial charge in [0.2, 0.25) is 11.8 Å². The van der Waals surface area contributed by atoms with Crippen LogP contribution in [0.3, 0.4) is 0 Å². The molecule has 170 valence electrons. The molecule has 0 radical (unpaired) electrons. The maximum Gasteiger partial charge on any atom is 0.264 e. The lowest BCUT2D eigenvalue weighted by Gasteiger charge is -2.12. The number of methoxy groups -OCH3 is 1. The summed E-state index contributed by atoms with van der Waals surface area (Å²) in [5, 5.41) is 5.48. The number of ether oxygens (including phenoxy) is 2. The van der Waals surface area contributed by atoms with E-state index < -0.39 is 11.8 Å². The van der Waals surface area contributed by atoms with E-state index in [1.54, 1.807) is 49.4 Å². The van der Waals surface area contributed by atoms with E-state index in [4.69, 9.17) is 33.3 Å². The maximum absolute atomic E-state index is 12.0. The second kappa shape index (κ2) is 12.5. The van der Waals surface area contributed by atoms with Crippen molar-refractivity contribution in [1.29, 1.82) is 0 Å². The van der Waals surface area contributed by atoms with Gasteiger partial charge in [0.15, 0.2) is 23.2 Å². The molecule has 3 amide bonds. The summed E-state index contributed by atoms with van der Waals surface area (Å²) in [7, 11) is 1.49. The first-order chi connectivity index (χ1) is 15.3. The molecule has 0 fully saturated rings. The Hall–Kier alpha value is -3.37.